The first-order valence-corrected chi connectivity index (χ1v) is 8.39. The minimum atomic E-state index is -4.56. The van der Waals surface area contributed by atoms with Crippen molar-refractivity contribution in [3.63, 3.8) is 0 Å². The predicted octanol–water partition coefficient (Wildman–Crippen LogP) is 4.80. The molecule has 0 aliphatic rings. The molecule has 8 heteroatoms. The molecule has 0 radical (unpaired) electrons. The number of hydrogen-bond acceptors (Lipinski definition) is 3. The number of aromatic nitrogens is 1. The number of benzene rings is 1. The highest BCUT2D eigenvalue weighted by atomic mass is 35.5. The second-order valence-electron chi connectivity index (χ2n) is 4.83. The molecule has 1 N–H and O–H groups in total. The number of thioether (sulfide) groups is 1. The van der Waals surface area contributed by atoms with Crippen LogP contribution in [0.4, 0.5) is 13.2 Å². The van der Waals surface area contributed by atoms with Crippen molar-refractivity contribution in [3.8, 4) is 0 Å². The van der Waals surface area contributed by atoms with Gasteiger partial charge in [0, 0.05) is 34.4 Å². The molecule has 2 rings (SSSR count). The van der Waals surface area contributed by atoms with Gasteiger partial charge in [0.1, 0.15) is 0 Å². The molecule has 0 aliphatic heterocycles. The van der Waals surface area contributed by atoms with E-state index in [0.717, 1.165) is 28.3 Å². The summed E-state index contributed by atoms with van der Waals surface area (Å²) in [5, 5.41) is 2.48. The summed E-state index contributed by atoms with van der Waals surface area (Å²) in [6.07, 6.45) is -1.27. The van der Waals surface area contributed by atoms with E-state index in [9.17, 15) is 18.0 Å². The maximum absolute atomic E-state index is 12.8. The van der Waals surface area contributed by atoms with Crippen molar-refractivity contribution in [3.05, 3.63) is 58.4 Å². The average molecular weight is 375 g/mol. The van der Waals surface area contributed by atoms with E-state index >= 15 is 0 Å². The number of halogens is 4. The first kappa shape index (κ1) is 18.6. The molecular weight excluding hydrogens is 361 g/mol. The highest BCUT2D eigenvalue weighted by Crippen LogP contribution is 2.32. The molecule has 1 amide bonds. The topological polar surface area (TPSA) is 42.0 Å². The normalized spacial score (nSPS) is 11.4. The van der Waals surface area contributed by atoms with Crippen molar-refractivity contribution in [2.45, 2.75) is 24.5 Å². The number of carbonyl (C=O) groups is 1. The first-order chi connectivity index (χ1) is 11.3. The van der Waals surface area contributed by atoms with Crippen LogP contribution in [0.15, 0.2) is 41.6 Å². The van der Waals surface area contributed by atoms with Crippen LogP contribution in [0.1, 0.15) is 28.4 Å². The number of alkyl halides is 3. The number of pyridine rings is 1. The molecule has 2 aromatic rings. The van der Waals surface area contributed by atoms with Crippen molar-refractivity contribution >= 4 is 29.3 Å². The smallest absolute Gasteiger partial charge is 0.348 e. The van der Waals surface area contributed by atoms with Gasteiger partial charge >= 0.3 is 6.18 Å². The van der Waals surface area contributed by atoms with Gasteiger partial charge in [-0.25, -0.2) is 0 Å². The summed E-state index contributed by atoms with van der Waals surface area (Å²) in [6, 6.07) is 4.55. The van der Waals surface area contributed by atoms with Crippen molar-refractivity contribution in [2.24, 2.45) is 0 Å². The van der Waals surface area contributed by atoms with Crippen LogP contribution in [0.5, 0.6) is 0 Å². The highest BCUT2D eigenvalue weighted by molar-refractivity contribution is 7.99. The van der Waals surface area contributed by atoms with Crippen molar-refractivity contribution in [1.82, 2.24) is 10.3 Å². The number of rotatable bonds is 5. The molecule has 24 heavy (non-hydrogen) atoms. The maximum Gasteiger partial charge on any atom is 0.416 e. The van der Waals surface area contributed by atoms with E-state index in [1.54, 1.807) is 30.2 Å². The van der Waals surface area contributed by atoms with Crippen LogP contribution in [-0.2, 0) is 12.7 Å². The lowest BCUT2D eigenvalue weighted by Gasteiger charge is -2.11. The van der Waals surface area contributed by atoms with Crippen molar-refractivity contribution in [1.29, 1.82) is 0 Å². The second-order valence-corrected chi connectivity index (χ2v) is 6.57. The Morgan fingerprint density at radius 3 is 2.75 bits per heavy atom. The molecule has 0 aliphatic carbocycles. The number of nitrogens with zero attached hydrogens (tertiary/aromatic N) is 1. The standard InChI is InChI=1S/C16H14ClF3N2OS/c1-2-24-14-9-21-4-3-10(14)8-22-15(23)11-5-12(16(18,19)20)7-13(17)6-11/h3-7,9H,2,8H2,1H3,(H,22,23). The van der Waals surface area contributed by atoms with Gasteiger partial charge in [-0.15, -0.1) is 11.8 Å². The second kappa shape index (κ2) is 7.90. The van der Waals surface area contributed by atoms with E-state index < -0.39 is 17.6 Å². The van der Waals surface area contributed by atoms with E-state index in [0.29, 0.717) is 0 Å². The molecule has 0 fully saturated rings. The lowest BCUT2D eigenvalue weighted by molar-refractivity contribution is -0.137. The Morgan fingerprint density at radius 1 is 1.33 bits per heavy atom. The van der Waals surface area contributed by atoms with Gasteiger partial charge in [0.2, 0.25) is 0 Å². The molecule has 0 spiro atoms. The van der Waals surface area contributed by atoms with Gasteiger partial charge in [0.25, 0.3) is 5.91 Å². The summed E-state index contributed by atoms with van der Waals surface area (Å²) in [7, 11) is 0. The van der Waals surface area contributed by atoms with E-state index in [1.165, 1.54) is 6.07 Å². The summed E-state index contributed by atoms with van der Waals surface area (Å²) in [5.74, 6) is 0.225. The Hall–Kier alpha value is -1.73. The Kier molecular flexibility index (Phi) is 6.12. The fraction of sp³-hybridized carbons (Fsp3) is 0.250. The van der Waals surface area contributed by atoms with Gasteiger partial charge in [-0.3, -0.25) is 9.78 Å². The van der Waals surface area contributed by atoms with Gasteiger partial charge in [0.15, 0.2) is 0 Å². The monoisotopic (exact) mass is 374 g/mol. The fourth-order valence-electron chi connectivity index (χ4n) is 2.00. The molecular formula is C16H14ClF3N2OS. The van der Waals surface area contributed by atoms with E-state index in [1.807, 2.05) is 6.92 Å². The minimum Gasteiger partial charge on any atom is -0.348 e. The Morgan fingerprint density at radius 2 is 2.08 bits per heavy atom. The third-order valence-electron chi connectivity index (χ3n) is 3.10. The van der Waals surface area contributed by atoms with Crippen LogP contribution in [-0.4, -0.2) is 16.6 Å². The zero-order valence-corrected chi connectivity index (χ0v) is 14.2. The molecule has 1 aromatic carbocycles. The number of hydrogen-bond donors (Lipinski definition) is 1. The number of carbonyl (C=O) groups excluding carboxylic acids is 1. The number of amides is 1. The molecule has 0 bridgehead atoms. The molecule has 0 saturated carbocycles. The average Bonchev–Trinajstić information content (AvgIpc) is 2.52. The van der Waals surface area contributed by atoms with Crippen LogP contribution in [0, 0.1) is 0 Å². The van der Waals surface area contributed by atoms with Crippen LogP contribution < -0.4 is 5.32 Å². The van der Waals surface area contributed by atoms with Gasteiger partial charge in [-0.05, 0) is 35.6 Å². The minimum absolute atomic E-state index is 0.131. The van der Waals surface area contributed by atoms with Crippen molar-refractivity contribution < 1.29 is 18.0 Å². The maximum atomic E-state index is 12.8. The highest BCUT2D eigenvalue weighted by Gasteiger charge is 2.31. The van der Waals surface area contributed by atoms with Crippen molar-refractivity contribution in [2.75, 3.05) is 5.75 Å². The summed E-state index contributed by atoms with van der Waals surface area (Å²) in [4.78, 5) is 17.1. The lowest BCUT2D eigenvalue weighted by atomic mass is 10.1. The molecule has 3 nitrogen and oxygen atoms in total. The summed E-state index contributed by atoms with van der Waals surface area (Å²) < 4.78 is 38.4. The molecule has 1 aromatic heterocycles. The quantitative estimate of drug-likeness (QED) is 0.765. The zero-order valence-electron chi connectivity index (χ0n) is 12.7. The van der Waals surface area contributed by atoms with E-state index in [4.69, 9.17) is 11.6 Å². The summed E-state index contributed by atoms with van der Waals surface area (Å²) in [6.45, 7) is 2.18. The van der Waals surface area contributed by atoms with Crippen LogP contribution in [0.3, 0.4) is 0 Å². The Bertz CT molecular complexity index is 738. The third kappa shape index (κ3) is 4.88. The summed E-state index contributed by atoms with van der Waals surface area (Å²) >= 11 is 7.27. The first-order valence-electron chi connectivity index (χ1n) is 7.03. The van der Waals surface area contributed by atoms with E-state index in [-0.39, 0.29) is 17.1 Å². The van der Waals surface area contributed by atoms with E-state index in [2.05, 4.69) is 10.3 Å². The SMILES string of the molecule is CCSc1cnccc1CNC(=O)c1cc(Cl)cc(C(F)(F)F)c1. The predicted molar refractivity (Wildman–Crippen MR) is 88.3 cm³/mol. The van der Waals surface area contributed by atoms with Crippen LogP contribution in [0.2, 0.25) is 5.02 Å². The van der Waals surface area contributed by atoms with Gasteiger partial charge < -0.3 is 5.32 Å². The molecule has 128 valence electrons. The van der Waals surface area contributed by atoms with Gasteiger partial charge in [-0.1, -0.05) is 18.5 Å². The fourth-order valence-corrected chi connectivity index (χ4v) is 3.01. The van der Waals surface area contributed by atoms with Crippen LogP contribution in [0.25, 0.3) is 0 Å². The Labute approximate surface area is 146 Å². The zero-order chi connectivity index (χ0) is 17.7. The number of nitrogens with one attached hydrogen (secondary N) is 1. The Balaban J connectivity index is 2.15. The van der Waals surface area contributed by atoms with Crippen LogP contribution >= 0.6 is 23.4 Å². The lowest BCUT2D eigenvalue weighted by Crippen LogP contribution is -2.23. The van der Waals surface area contributed by atoms with Gasteiger partial charge in [0.05, 0.1) is 5.56 Å². The third-order valence-corrected chi connectivity index (χ3v) is 4.28. The molecule has 0 atom stereocenters. The molecule has 0 saturated heterocycles. The summed E-state index contributed by atoms with van der Waals surface area (Å²) in [5.41, 5.74) is -0.233. The largest absolute Gasteiger partial charge is 0.416 e. The van der Waals surface area contributed by atoms with Gasteiger partial charge in [-0.2, -0.15) is 13.2 Å². The molecule has 1 heterocycles. The molecule has 0 unspecified atom stereocenters.